The number of nitrogens with one attached hydrogen (secondary N) is 1. The van der Waals surface area contributed by atoms with E-state index in [4.69, 9.17) is 10.00 Å². The number of nitrogens with zero attached hydrogens (tertiary/aromatic N) is 1. The summed E-state index contributed by atoms with van der Waals surface area (Å²) in [7, 11) is 1.62. The van der Waals surface area contributed by atoms with Crippen molar-refractivity contribution in [3.8, 4) is 11.8 Å². The van der Waals surface area contributed by atoms with Crippen molar-refractivity contribution >= 4 is 37.5 Å². The predicted molar refractivity (Wildman–Crippen MR) is 86.9 cm³/mol. The summed E-state index contributed by atoms with van der Waals surface area (Å²) in [6, 6.07) is 13.4. The van der Waals surface area contributed by atoms with E-state index in [9.17, 15) is 0 Å². The lowest BCUT2D eigenvalue weighted by molar-refractivity contribution is 0.410. The molecule has 1 N–H and O–H groups in total. The van der Waals surface area contributed by atoms with Gasteiger partial charge in [0.15, 0.2) is 0 Å². The van der Waals surface area contributed by atoms with Crippen LogP contribution in [0.25, 0.3) is 0 Å². The van der Waals surface area contributed by atoms with E-state index >= 15 is 0 Å². The molecule has 0 unspecified atom stereocenters. The third kappa shape index (κ3) is 3.33. The van der Waals surface area contributed by atoms with E-state index in [-0.39, 0.29) is 0 Å². The van der Waals surface area contributed by atoms with Crippen molar-refractivity contribution in [2.75, 3.05) is 12.4 Å². The molecule has 20 heavy (non-hydrogen) atoms. The zero-order valence-corrected chi connectivity index (χ0v) is 14.0. The highest BCUT2D eigenvalue weighted by molar-refractivity contribution is 9.11. The average molecular weight is 396 g/mol. The van der Waals surface area contributed by atoms with Gasteiger partial charge >= 0.3 is 0 Å². The fourth-order valence-electron chi connectivity index (χ4n) is 1.84. The molecule has 0 bridgehead atoms. The summed E-state index contributed by atoms with van der Waals surface area (Å²) in [5, 5.41) is 12.3. The van der Waals surface area contributed by atoms with E-state index in [0.717, 1.165) is 25.9 Å². The summed E-state index contributed by atoms with van der Waals surface area (Å²) in [6.07, 6.45) is 0. The number of hydrogen-bond acceptors (Lipinski definition) is 3. The maximum absolute atomic E-state index is 8.97. The number of halogens is 2. The van der Waals surface area contributed by atoms with Gasteiger partial charge in [-0.3, -0.25) is 0 Å². The Morgan fingerprint density at radius 3 is 2.50 bits per heavy atom. The normalized spacial score (nSPS) is 9.90. The number of anilines is 1. The van der Waals surface area contributed by atoms with Crippen molar-refractivity contribution in [2.45, 2.75) is 6.54 Å². The molecule has 0 radical (unpaired) electrons. The van der Waals surface area contributed by atoms with Crippen molar-refractivity contribution in [2.24, 2.45) is 0 Å². The molecular formula is C15H12Br2N2O. The van der Waals surface area contributed by atoms with Crippen molar-refractivity contribution in [1.29, 1.82) is 5.26 Å². The Kier molecular flexibility index (Phi) is 5.05. The van der Waals surface area contributed by atoms with Crippen LogP contribution in [0.4, 0.5) is 5.69 Å². The van der Waals surface area contributed by atoms with Gasteiger partial charge in [0.05, 0.1) is 24.4 Å². The van der Waals surface area contributed by atoms with Crippen LogP contribution in [0, 0.1) is 11.3 Å². The molecule has 0 aliphatic carbocycles. The van der Waals surface area contributed by atoms with Crippen LogP contribution in [-0.4, -0.2) is 7.11 Å². The zero-order chi connectivity index (χ0) is 14.5. The van der Waals surface area contributed by atoms with Crippen LogP contribution >= 0.6 is 31.9 Å². The van der Waals surface area contributed by atoms with Gasteiger partial charge in [-0.05, 0) is 62.2 Å². The monoisotopic (exact) mass is 394 g/mol. The first-order valence-electron chi connectivity index (χ1n) is 5.90. The molecule has 0 fully saturated rings. The maximum Gasteiger partial charge on any atom is 0.123 e. The maximum atomic E-state index is 8.97. The fraction of sp³-hybridized carbons (Fsp3) is 0.133. The SMILES string of the molecule is COc1ccc(C#N)cc1CNc1c(Br)cccc1Br. The number of ether oxygens (including phenoxy) is 1. The minimum absolute atomic E-state index is 0.569. The van der Waals surface area contributed by atoms with E-state index in [0.29, 0.717) is 12.1 Å². The molecule has 0 amide bonds. The summed E-state index contributed by atoms with van der Waals surface area (Å²) in [4.78, 5) is 0. The molecular weight excluding hydrogens is 384 g/mol. The third-order valence-electron chi connectivity index (χ3n) is 2.83. The van der Waals surface area contributed by atoms with Gasteiger partial charge in [-0.25, -0.2) is 0 Å². The molecule has 0 aliphatic heterocycles. The van der Waals surface area contributed by atoms with Crippen LogP contribution in [0.1, 0.15) is 11.1 Å². The predicted octanol–water partition coefficient (Wildman–Crippen LogP) is 4.70. The molecule has 0 aliphatic rings. The van der Waals surface area contributed by atoms with Crippen molar-refractivity contribution < 1.29 is 4.74 Å². The second-order valence-corrected chi connectivity index (χ2v) is 5.80. The standard InChI is InChI=1S/C15H12Br2N2O/c1-20-14-6-5-10(8-18)7-11(14)9-19-15-12(16)3-2-4-13(15)17/h2-7,19H,9H2,1H3. The summed E-state index contributed by atoms with van der Waals surface area (Å²) in [6.45, 7) is 0.569. The van der Waals surface area contributed by atoms with Crippen LogP contribution in [0.2, 0.25) is 0 Å². The zero-order valence-electron chi connectivity index (χ0n) is 10.8. The highest BCUT2D eigenvalue weighted by atomic mass is 79.9. The highest BCUT2D eigenvalue weighted by Gasteiger charge is 2.08. The number of para-hydroxylation sites is 1. The molecule has 0 saturated carbocycles. The molecule has 2 rings (SSSR count). The van der Waals surface area contributed by atoms with Gasteiger partial charge in [0.25, 0.3) is 0 Å². The summed E-state index contributed by atoms with van der Waals surface area (Å²) in [5.41, 5.74) is 2.53. The lowest BCUT2D eigenvalue weighted by atomic mass is 10.1. The molecule has 0 spiro atoms. The molecule has 0 aromatic heterocycles. The number of methoxy groups -OCH3 is 1. The first-order chi connectivity index (χ1) is 9.65. The molecule has 3 nitrogen and oxygen atoms in total. The Morgan fingerprint density at radius 2 is 1.90 bits per heavy atom. The van der Waals surface area contributed by atoms with E-state index in [1.165, 1.54) is 0 Å². The summed E-state index contributed by atoms with van der Waals surface area (Å²) < 4.78 is 7.27. The van der Waals surface area contributed by atoms with Crippen LogP contribution in [-0.2, 0) is 6.54 Å². The summed E-state index contributed by atoms with van der Waals surface area (Å²) in [5.74, 6) is 0.764. The quantitative estimate of drug-likeness (QED) is 0.815. The van der Waals surface area contributed by atoms with Gasteiger partial charge in [0.1, 0.15) is 5.75 Å². The topological polar surface area (TPSA) is 45.0 Å². The van der Waals surface area contributed by atoms with Crippen molar-refractivity contribution in [3.05, 3.63) is 56.5 Å². The molecule has 0 atom stereocenters. The molecule has 5 heteroatoms. The Labute approximate surface area is 134 Å². The first kappa shape index (κ1) is 14.9. The third-order valence-corrected chi connectivity index (χ3v) is 4.15. The second-order valence-electron chi connectivity index (χ2n) is 4.09. The lowest BCUT2D eigenvalue weighted by Crippen LogP contribution is -2.03. The first-order valence-corrected chi connectivity index (χ1v) is 7.49. The minimum Gasteiger partial charge on any atom is -0.496 e. The Hall–Kier alpha value is -1.51. The Bertz CT molecular complexity index is 645. The van der Waals surface area contributed by atoms with Gasteiger partial charge in [-0.15, -0.1) is 0 Å². The van der Waals surface area contributed by atoms with Crippen molar-refractivity contribution in [3.63, 3.8) is 0 Å². The van der Waals surface area contributed by atoms with E-state index in [1.807, 2.05) is 30.3 Å². The fourth-order valence-corrected chi connectivity index (χ4v) is 3.12. The van der Waals surface area contributed by atoms with E-state index < -0.39 is 0 Å². The number of hydrogen-bond donors (Lipinski definition) is 1. The van der Waals surface area contributed by atoms with E-state index in [2.05, 4.69) is 43.2 Å². The number of benzene rings is 2. The van der Waals surface area contributed by atoms with Crippen LogP contribution in [0.3, 0.4) is 0 Å². The lowest BCUT2D eigenvalue weighted by Gasteiger charge is -2.13. The highest BCUT2D eigenvalue weighted by Crippen LogP contribution is 2.31. The van der Waals surface area contributed by atoms with E-state index in [1.54, 1.807) is 13.2 Å². The Morgan fingerprint density at radius 1 is 1.20 bits per heavy atom. The number of nitriles is 1. The van der Waals surface area contributed by atoms with Gasteiger partial charge < -0.3 is 10.1 Å². The second kappa shape index (κ2) is 6.78. The average Bonchev–Trinajstić information content (AvgIpc) is 2.46. The number of rotatable bonds is 4. The molecule has 0 heterocycles. The van der Waals surface area contributed by atoms with Gasteiger partial charge in [0.2, 0.25) is 0 Å². The molecule has 2 aromatic rings. The minimum atomic E-state index is 0.569. The molecule has 2 aromatic carbocycles. The summed E-state index contributed by atoms with van der Waals surface area (Å²) >= 11 is 7.02. The molecule has 102 valence electrons. The Balaban J connectivity index is 2.25. The van der Waals surface area contributed by atoms with Gasteiger partial charge in [-0.1, -0.05) is 6.07 Å². The smallest absolute Gasteiger partial charge is 0.123 e. The van der Waals surface area contributed by atoms with Gasteiger partial charge in [0, 0.05) is 21.1 Å². The largest absolute Gasteiger partial charge is 0.496 e. The van der Waals surface area contributed by atoms with Crippen LogP contribution < -0.4 is 10.1 Å². The van der Waals surface area contributed by atoms with Crippen molar-refractivity contribution in [1.82, 2.24) is 0 Å². The van der Waals surface area contributed by atoms with Gasteiger partial charge in [-0.2, -0.15) is 5.26 Å². The van der Waals surface area contributed by atoms with Crippen LogP contribution in [0.15, 0.2) is 45.3 Å². The molecule has 0 saturated heterocycles. The van der Waals surface area contributed by atoms with Crippen LogP contribution in [0.5, 0.6) is 5.75 Å².